The molecule has 0 bridgehead atoms. The van der Waals surface area contributed by atoms with Crippen LogP contribution in [0.1, 0.15) is 11.5 Å². The zero-order chi connectivity index (χ0) is 18.2. The van der Waals surface area contributed by atoms with Gasteiger partial charge in [0.1, 0.15) is 5.75 Å². The van der Waals surface area contributed by atoms with Gasteiger partial charge in [-0.05, 0) is 42.0 Å². The third-order valence-corrected chi connectivity index (χ3v) is 7.60. The monoisotopic (exact) mass is 381 g/mol. The zero-order valence-corrected chi connectivity index (χ0v) is 15.3. The van der Waals surface area contributed by atoms with Gasteiger partial charge in [-0.15, -0.1) is 0 Å². The number of ether oxygens (including phenoxy) is 1. The normalized spacial score (nSPS) is 25.6. The summed E-state index contributed by atoms with van der Waals surface area (Å²) in [5.41, 5.74) is 5.82. The van der Waals surface area contributed by atoms with E-state index in [9.17, 15) is 13.5 Å². The van der Waals surface area contributed by atoms with Crippen molar-refractivity contribution in [3.8, 4) is 5.75 Å². The lowest BCUT2D eigenvalue weighted by molar-refractivity contribution is 0.212. The molecule has 1 aliphatic rings. The van der Waals surface area contributed by atoms with Crippen LogP contribution in [0.3, 0.4) is 0 Å². The Morgan fingerprint density at radius 1 is 1.16 bits per heavy atom. The van der Waals surface area contributed by atoms with Crippen molar-refractivity contribution in [1.82, 2.24) is 0 Å². The molecule has 2 aromatic carbocycles. The third-order valence-electron chi connectivity index (χ3n) is 5.01. The number of rotatable bonds is 6. The summed E-state index contributed by atoms with van der Waals surface area (Å²) >= 11 is 5.85. The highest BCUT2D eigenvalue weighted by Gasteiger charge is 2.70. The summed E-state index contributed by atoms with van der Waals surface area (Å²) in [4.78, 5) is 0.184. The van der Waals surface area contributed by atoms with Crippen LogP contribution in [0.25, 0.3) is 0 Å². The summed E-state index contributed by atoms with van der Waals surface area (Å²) in [7, 11) is -2.09. The summed E-state index contributed by atoms with van der Waals surface area (Å²) in [6.07, 6.45) is 0. The summed E-state index contributed by atoms with van der Waals surface area (Å²) in [6, 6.07) is 13.3. The molecule has 7 heteroatoms. The number of halogens is 1. The van der Waals surface area contributed by atoms with Crippen molar-refractivity contribution in [2.45, 2.75) is 16.1 Å². The molecule has 0 aromatic heterocycles. The first kappa shape index (κ1) is 18.2. The molecule has 134 valence electrons. The first-order valence-corrected chi connectivity index (χ1v) is 9.77. The minimum atomic E-state index is -3.66. The standard InChI is InChI=1S/C18H20ClNO4S/c1-24-14-6-2-12(3-7-14)16-17(18(16,10-20)11-21)25(22,23)15-8-4-13(19)5-9-15/h2-9,16-17,21H,10-11,20H2,1H3/t16-,17+,18-/m1/s1. The van der Waals surface area contributed by atoms with Crippen LogP contribution in [0.4, 0.5) is 0 Å². The summed E-state index contributed by atoms with van der Waals surface area (Å²) in [6.45, 7) is -0.213. The average Bonchev–Trinajstić information content (AvgIpc) is 3.33. The van der Waals surface area contributed by atoms with E-state index >= 15 is 0 Å². The lowest BCUT2D eigenvalue weighted by atomic mass is 10.00. The molecule has 0 unspecified atom stereocenters. The van der Waals surface area contributed by atoms with E-state index in [-0.39, 0.29) is 24.0 Å². The van der Waals surface area contributed by atoms with Crippen molar-refractivity contribution in [2.24, 2.45) is 11.1 Å². The zero-order valence-electron chi connectivity index (χ0n) is 13.7. The maximum absolute atomic E-state index is 13.1. The smallest absolute Gasteiger partial charge is 0.182 e. The molecular formula is C18H20ClNO4S. The van der Waals surface area contributed by atoms with Crippen molar-refractivity contribution in [3.05, 3.63) is 59.1 Å². The van der Waals surface area contributed by atoms with Gasteiger partial charge >= 0.3 is 0 Å². The Morgan fingerprint density at radius 3 is 2.24 bits per heavy atom. The van der Waals surface area contributed by atoms with E-state index in [1.54, 1.807) is 31.4 Å². The van der Waals surface area contributed by atoms with Gasteiger partial charge in [0.25, 0.3) is 0 Å². The number of benzene rings is 2. The molecule has 1 aliphatic carbocycles. The molecule has 5 nitrogen and oxygen atoms in total. The van der Waals surface area contributed by atoms with Crippen molar-refractivity contribution in [3.63, 3.8) is 0 Å². The van der Waals surface area contributed by atoms with Crippen LogP contribution in [0.15, 0.2) is 53.4 Å². The second-order valence-corrected chi connectivity index (χ2v) is 8.77. The van der Waals surface area contributed by atoms with Crippen molar-refractivity contribution in [1.29, 1.82) is 0 Å². The molecule has 1 fully saturated rings. The molecule has 3 rings (SSSR count). The Morgan fingerprint density at radius 2 is 1.76 bits per heavy atom. The van der Waals surface area contributed by atoms with Gasteiger partial charge in [-0.3, -0.25) is 0 Å². The maximum atomic E-state index is 13.1. The lowest BCUT2D eigenvalue weighted by Crippen LogP contribution is -2.27. The Kier molecular flexibility index (Phi) is 4.81. The predicted octanol–water partition coefficient (Wildman–Crippen LogP) is 2.23. The number of sulfone groups is 1. The molecule has 0 radical (unpaired) electrons. The van der Waals surface area contributed by atoms with Gasteiger partial charge in [0, 0.05) is 22.9 Å². The summed E-state index contributed by atoms with van der Waals surface area (Å²) < 4.78 is 31.4. The number of aliphatic hydroxyl groups is 1. The minimum Gasteiger partial charge on any atom is -0.497 e. The molecule has 0 amide bonds. The Hall–Kier alpha value is -1.60. The second-order valence-electron chi connectivity index (χ2n) is 6.27. The van der Waals surface area contributed by atoms with Crippen LogP contribution in [0, 0.1) is 5.41 Å². The second kappa shape index (κ2) is 6.61. The fourth-order valence-corrected chi connectivity index (χ4v) is 6.10. The van der Waals surface area contributed by atoms with Gasteiger partial charge in [0.05, 0.1) is 23.9 Å². The van der Waals surface area contributed by atoms with Gasteiger partial charge in [0.15, 0.2) is 9.84 Å². The fraction of sp³-hybridized carbons (Fsp3) is 0.333. The molecular weight excluding hydrogens is 362 g/mol. The van der Waals surface area contributed by atoms with Gasteiger partial charge in [-0.25, -0.2) is 8.42 Å². The molecule has 3 N–H and O–H groups in total. The number of nitrogens with two attached hydrogens (primary N) is 1. The number of hydrogen-bond donors (Lipinski definition) is 2. The molecule has 0 aliphatic heterocycles. The molecule has 0 saturated heterocycles. The summed E-state index contributed by atoms with van der Waals surface area (Å²) in [5, 5.41) is 9.62. The molecule has 2 aromatic rings. The SMILES string of the molecule is COc1ccc([C@@H]2[C@H](S(=O)(=O)c3ccc(Cl)cc3)[C@]2(CN)CO)cc1. The van der Waals surface area contributed by atoms with Crippen LogP contribution in [-0.2, 0) is 9.84 Å². The topological polar surface area (TPSA) is 89.6 Å². The molecule has 1 saturated carbocycles. The van der Waals surface area contributed by atoms with Crippen LogP contribution in [0.2, 0.25) is 5.02 Å². The van der Waals surface area contributed by atoms with E-state index in [0.29, 0.717) is 10.8 Å². The largest absolute Gasteiger partial charge is 0.497 e. The average molecular weight is 382 g/mol. The maximum Gasteiger partial charge on any atom is 0.182 e. The summed E-state index contributed by atoms with van der Waals surface area (Å²) in [5.74, 6) is 0.318. The molecule has 3 atom stereocenters. The van der Waals surface area contributed by atoms with E-state index in [1.807, 2.05) is 12.1 Å². The predicted molar refractivity (Wildman–Crippen MR) is 96.7 cm³/mol. The number of aliphatic hydroxyl groups excluding tert-OH is 1. The highest BCUT2D eigenvalue weighted by atomic mass is 35.5. The Labute approximate surface area is 152 Å². The van der Waals surface area contributed by atoms with Gasteiger partial charge in [-0.2, -0.15) is 0 Å². The minimum absolute atomic E-state index is 0.0810. The Bertz CT molecular complexity index is 846. The van der Waals surface area contributed by atoms with Crippen LogP contribution in [0.5, 0.6) is 5.75 Å². The van der Waals surface area contributed by atoms with E-state index in [1.165, 1.54) is 12.1 Å². The van der Waals surface area contributed by atoms with E-state index in [0.717, 1.165) is 5.56 Å². The van der Waals surface area contributed by atoms with Gasteiger partial charge < -0.3 is 15.6 Å². The highest BCUT2D eigenvalue weighted by Crippen LogP contribution is 2.63. The fourth-order valence-electron chi connectivity index (χ4n) is 3.53. The van der Waals surface area contributed by atoms with Crippen LogP contribution in [-0.4, -0.2) is 39.0 Å². The molecule has 0 heterocycles. The number of hydrogen-bond acceptors (Lipinski definition) is 5. The third kappa shape index (κ3) is 2.93. The van der Waals surface area contributed by atoms with E-state index in [2.05, 4.69) is 0 Å². The highest BCUT2D eigenvalue weighted by molar-refractivity contribution is 7.92. The number of methoxy groups -OCH3 is 1. The van der Waals surface area contributed by atoms with Crippen LogP contribution >= 0.6 is 11.6 Å². The van der Waals surface area contributed by atoms with Crippen molar-refractivity contribution >= 4 is 21.4 Å². The van der Waals surface area contributed by atoms with Gasteiger partial charge in [0.2, 0.25) is 0 Å². The molecule has 25 heavy (non-hydrogen) atoms. The van der Waals surface area contributed by atoms with Crippen molar-refractivity contribution < 1.29 is 18.3 Å². The first-order chi connectivity index (χ1) is 11.9. The van der Waals surface area contributed by atoms with E-state index < -0.39 is 20.5 Å². The lowest BCUT2D eigenvalue weighted by Gasteiger charge is -2.12. The quantitative estimate of drug-likeness (QED) is 0.800. The van der Waals surface area contributed by atoms with E-state index in [4.69, 9.17) is 22.1 Å². The van der Waals surface area contributed by atoms with Gasteiger partial charge in [-0.1, -0.05) is 23.7 Å². The van der Waals surface area contributed by atoms with Crippen LogP contribution < -0.4 is 10.5 Å². The first-order valence-electron chi connectivity index (χ1n) is 7.85. The molecule has 0 spiro atoms. The Balaban J connectivity index is 2.02. The van der Waals surface area contributed by atoms with Crippen molar-refractivity contribution in [2.75, 3.05) is 20.3 Å².